The maximum Gasteiger partial charge on any atom is 0.227 e. The molecule has 6 nitrogen and oxygen atoms in total. The summed E-state index contributed by atoms with van der Waals surface area (Å²) < 4.78 is 5.89. The molecular weight excluding hydrogens is 387 g/mol. The van der Waals surface area contributed by atoms with Crippen LogP contribution in [0.15, 0.2) is 40.9 Å². The van der Waals surface area contributed by atoms with E-state index in [0.717, 1.165) is 62.9 Å². The molecule has 0 aliphatic carbocycles. The number of amides is 1. The van der Waals surface area contributed by atoms with Gasteiger partial charge >= 0.3 is 0 Å². The van der Waals surface area contributed by atoms with Crippen molar-refractivity contribution in [1.82, 2.24) is 20.1 Å². The summed E-state index contributed by atoms with van der Waals surface area (Å²) in [5.41, 5.74) is 1.04. The van der Waals surface area contributed by atoms with Crippen molar-refractivity contribution >= 4 is 30.7 Å². The summed E-state index contributed by atoms with van der Waals surface area (Å²) in [6.45, 7) is 5.81. The van der Waals surface area contributed by atoms with Crippen LogP contribution in [0.1, 0.15) is 12.3 Å². The molecule has 1 unspecified atom stereocenters. The molecule has 2 saturated heterocycles. The molecule has 8 heteroatoms. The third-order valence-electron chi connectivity index (χ3n) is 5.06. The average molecular weight is 413 g/mol. The normalized spacial score (nSPS) is 20.0. The number of benzene rings is 1. The molecule has 148 valence electrons. The molecule has 3 heterocycles. The maximum absolute atomic E-state index is 12.5. The van der Waals surface area contributed by atoms with Gasteiger partial charge in [-0.3, -0.25) is 9.69 Å². The van der Waals surface area contributed by atoms with Crippen molar-refractivity contribution in [1.29, 1.82) is 0 Å². The van der Waals surface area contributed by atoms with E-state index in [1.165, 1.54) is 0 Å². The molecule has 0 bridgehead atoms. The van der Waals surface area contributed by atoms with Crippen molar-refractivity contribution in [2.45, 2.75) is 13.0 Å². The van der Waals surface area contributed by atoms with Crippen LogP contribution in [0.5, 0.6) is 0 Å². The van der Waals surface area contributed by atoms with Crippen LogP contribution in [0, 0.1) is 5.92 Å². The number of halogens is 2. The molecule has 2 aliphatic rings. The van der Waals surface area contributed by atoms with Gasteiger partial charge in [-0.2, -0.15) is 0 Å². The van der Waals surface area contributed by atoms with Crippen molar-refractivity contribution in [3.8, 4) is 11.3 Å². The molecule has 1 amide bonds. The summed E-state index contributed by atoms with van der Waals surface area (Å²) in [6, 6.07) is 10.0. The molecular formula is C19H26Cl2N4O2. The Morgan fingerprint density at radius 3 is 2.56 bits per heavy atom. The highest BCUT2D eigenvalue weighted by atomic mass is 35.5. The van der Waals surface area contributed by atoms with E-state index in [-0.39, 0.29) is 30.7 Å². The average Bonchev–Trinajstić information content (AvgIpc) is 3.35. The first kappa shape index (κ1) is 21.7. The van der Waals surface area contributed by atoms with Crippen LogP contribution in [0.2, 0.25) is 0 Å². The number of hydrogen-bond donors (Lipinski definition) is 1. The van der Waals surface area contributed by atoms with E-state index in [1.807, 2.05) is 35.2 Å². The Hall–Kier alpha value is -1.60. The Morgan fingerprint density at radius 1 is 1.15 bits per heavy atom. The highest BCUT2D eigenvalue weighted by Crippen LogP contribution is 2.21. The number of hydrogen-bond acceptors (Lipinski definition) is 5. The molecule has 2 fully saturated rings. The Balaban J connectivity index is 0.00000131. The van der Waals surface area contributed by atoms with E-state index in [4.69, 9.17) is 4.42 Å². The highest BCUT2D eigenvalue weighted by Gasteiger charge is 2.29. The van der Waals surface area contributed by atoms with Gasteiger partial charge in [0.25, 0.3) is 0 Å². The topological polar surface area (TPSA) is 61.6 Å². The predicted molar refractivity (Wildman–Crippen MR) is 109 cm³/mol. The first-order chi connectivity index (χ1) is 12.3. The fourth-order valence-corrected chi connectivity index (χ4v) is 3.56. The third-order valence-corrected chi connectivity index (χ3v) is 5.06. The van der Waals surface area contributed by atoms with Crippen molar-refractivity contribution < 1.29 is 9.21 Å². The van der Waals surface area contributed by atoms with Crippen molar-refractivity contribution in [3.63, 3.8) is 0 Å². The first-order valence-electron chi connectivity index (χ1n) is 9.01. The molecule has 2 aromatic rings. The van der Waals surface area contributed by atoms with Crippen molar-refractivity contribution in [2.75, 3.05) is 39.3 Å². The minimum absolute atomic E-state index is 0. The number of rotatable bonds is 4. The van der Waals surface area contributed by atoms with Crippen LogP contribution in [0.3, 0.4) is 0 Å². The number of piperazine rings is 1. The Morgan fingerprint density at radius 2 is 1.89 bits per heavy atom. The zero-order valence-corrected chi connectivity index (χ0v) is 16.8. The number of oxazole rings is 1. The standard InChI is InChI=1S/C19H24N4O2.2ClH/c24-19(16-6-7-20-12-16)23-10-8-22(9-11-23)14-18-21-13-17(25-18)15-4-2-1-3-5-15;;/h1-5,13,16,20H,6-12,14H2;2*1H. The molecule has 2 aliphatic heterocycles. The third kappa shape index (κ3) is 5.23. The lowest BCUT2D eigenvalue weighted by molar-refractivity contribution is -0.136. The van der Waals surface area contributed by atoms with Gasteiger partial charge in [0.2, 0.25) is 11.8 Å². The molecule has 0 radical (unpaired) electrons. The summed E-state index contributed by atoms with van der Waals surface area (Å²) in [7, 11) is 0. The SMILES string of the molecule is Cl.Cl.O=C(C1CCNC1)N1CCN(Cc2ncc(-c3ccccc3)o2)CC1. The van der Waals surface area contributed by atoms with Gasteiger partial charge in [-0.25, -0.2) is 4.98 Å². The lowest BCUT2D eigenvalue weighted by Crippen LogP contribution is -2.50. The monoisotopic (exact) mass is 412 g/mol. The smallest absolute Gasteiger partial charge is 0.227 e. The molecule has 1 atom stereocenters. The first-order valence-corrected chi connectivity index (χ1v) is 9.01. The van der Waals surface area contributed by atoms with Crippen LogP contribution in [-0.4, -0.2) is 60.0 Å². The molecule has 1 aromatic carbocycles. The molecule has 4 rings (SSSR count). The minimum atomic E-state index is 0. The minimum Gasteiger partial charge on any atom is -0.439 e. The molecule has 1 aromatic heterocycles. The number of carbonyl (C=O) groups is 1. The molecule has 0 saturated carbocycles. The highest BCUT2D eigenvalue weighted by molar-refractivity contribution is 5.85. The Kier molecular flexibility index (Phi) is 8.10. The van der Waals surface area contributed by atoms with Crippen molar-refractivity contribution in [2.24, 2.45) is 5.92 Å². The lowest BCUT2D eigenvalue weighted by atomic mass is 10.1. The van der Waals surface area contributed by atoms with E-state index in [0.29, 0.717) is 12.5 Å². The number of nitrogens with one attached hydrogen (secondary N) is 1. The van der Waals surface area contributed by atoms with Gasteiger partial charge in [0.05, 0.1) is 18.7 Å². The van der Waals surface area contributed by atoms with Crippen LogP contribution in [0.25, 0.3) is 11.3 Å². The number of carbonyl (C=O) groups excluding carboxylic acids is 1. The summed E-state index contributed by atoms with van der Waals surface area (Å²) in [5.74, 6) is 2.02. The van der Waals surface area contributed by atoms with Gasteiger partial charge in [-0.15, -0.1) is 24.8 Å². The fourth-order valence-electron chi connectivity index (χ4n) is 3.56. The summed E-state index contributed by atoms with van der Waals surface area (Å²) in [6.07, 6.45) is 2.76. The van der Waals surface area contributed by atoms with Gasteiger partial charge in [-0.1, -0.05) is 30.3 Å². The second-order valence-electron chi connectivity index (χ2n) is 6.78. The van der Waals surface area contributed by atoms with E-state index in [9.17, 15) is 4.79 Å². The summed E-state index contributed by atoms with van der Waals surface area (Å²) >= 11 is 0. The Bertz CT molecular complexity index is 712. The van der Waals surface area contributed by atoms with Crippen LogP contribution < -0.4 is 5.32 Å². The van der Waals surface area contributed by atoms with E-state index >= 15 is 0 Å². The van der Waals surface area contributed by atoms with E-state index in [1.54, 1.807) is 6.20 Å². The Labute approximate surface area is 172 Å². The van der Waals surface area contributed by atoms with Crippen LogP contribution >= 0.6 is 24.8 Å². The van der Waals surface area contributed by atoms with E-state index in [2.05, 4.69) is 15.2 Å². The molecule has 27 heavy (non-hydrogen) atoms. The van der Waals surface area contributed by atoms with Gasteiger partial charge in [0.1, 0.15) is 0 Å². The largest absolute Gasteiger partial charge is 0.439 e. The van der Waals surface area contributed by atoms with E-state index < -0.39 is 0 Å². The summed E-state index contributed by atoms with van der Waals surface area (Å²) in [5, 5.41) is 3.27. The van der Waals surface area contributed by atoms with Crippen LogP contribution in [0.4, 0.5) is 0 Å². The molecule has 0 spiro atoms. The maximum atomic E-state index is 12.5. The van der Waals surface area contributed by atoms with Crippen molar-refractivity contribution in [3.05, 3.63) is 42.4 Å². The zero-order chi connectivity index (χ0) is 17.1. The number of aromatic nitrogens is 1. The molecule has 1 N–H and O–H groups in total. The van der Waals surface area contributed by atoms with Gasteiger partial charge < -0.3 is 14.6 Å². The quantitative estimate of drug-likeness (QED) is 0.835. The predicted octanol–water partition coefficient (Wildman–Crippen LogP) is 2.44. The summed E-state index contributed by atoms with van der Waals surface area (Å²) in [4.78, 5) is 21.2. The fraction of sp³-hybridized carbons (Fsp3) is 0.474. The zero-order valence-electron chi connectivity index (χ0n) is 15.2. The van der Waals surface area contributed by atoms with Gasteiger partial charge in [0, 0.05) is 38.3 Å². The van der Waals surface area contributed by atoms with Gasteiger partial charge in [-0.05, 0) is 13.0 Å². The lowest BCUT2D eigenvalue weighted by Gasteiger charge is -2.35. The second-order valence-corrected chi connectivity index (χ2v) is 6.78. The van der Waals surface area contributed by atoms with Gasteiger partial charge in [0.15, 0.2) is 5.76 Å². The van der Waals surface area contributed by atoms with Crippen LogP contribution in [-0.2, 0) is 11.3 Å². The second kappa shape index (κ2) is 10.1. The number of nitrogens with zero attached hydrogens (tertiary/aromatic N) is 3.